The quantitative estimate of drug-likeness (QED) is 0.580. The fourth-order valence-corrected chi connectivity index (χ4v) is 1.47. The van der Waals surface area contributed by atoms with Gasteiger partial charge in [-0.2, -0.15) is 0 Å². The first-order chi connectivity index (χ1) is 4.67. The Hall–Kier alpha value is -0.0800. The molecule has 0 aliphatic heterocycles. The van der Waals surface area contributed by atoms with Crippen LogP contribution in [0.1, 0.15) is 33.1 Å². The third-order valence-corrected chi connectivity index (χ3v) is 2.43. The van der Waals surface area contributed by atoms with Crippen molar-refractivity contribution >= 4 is 0 Å². The second-order valence-corrected chi connectivity index (χ2v) is 3.31. The van der Waals surface area contributed by atoms with Crippen molar-refractivity contribution in [2.24, 2.45) is 5.92 Å². The van der Waals surface area contributed by atoms with Gasteiger partial charge in [-0.05, 0) is 26.3 Å². The predicted octanol–water partition coefficient (Wildman–Crippen LogP) is 1.10. The lowest BCUT2D eigenvalue weighted by atomic mass is 9.78. The van der Waals surface area contributed by atoms with Crippen molar-refractivity contribution in [3.8, 4) is 0 Å². The molecule has 1 unspecified atom stereocenters. The molecule has 0 saturated heterocycles. The molecule has 60 valence electrons. The van der Waals surface area contributed by atoms with Gasteiger partial charge in [0.05, 0.1) is 0 Å². The van der Waals surface area contributed by atoms with E-state index in [2.05, 4.69) is 5.32 Å². The SMILES string of the molecule is CCNC(C)(O)C1CCC1. The Labute approximate surface area is 62.6 Å². The zero-order chi connectivity index (χ0) is 7.61. The molecule has 0 amide bonds. The molecule has 1 aliphatic rings. The topological polar surface area (TPSA) is 32.3 Å². The normalized spacial score (nSPS) is 25.5. The summed E-state index contributed by atoms with van der Waals surface area (Å²) in [5, 5.41) is 12.8. The molecule has 1 saturated carbocycles. The smallest absolute Gasteiger partial charge is 0.116 e. The van der Waals surface area contributed by atoms with Gasteiger partial charge in [-0.25, -0.2) is 0 Å². The second-order valence-electron chi connectivity index (χ2n) is 3.31. The van der Waals surface area contributed by atoms with Crippen molar-refractivity contribution < 1.29 is 5.11 Å². The summed E-state index contributed by atoms with van der Waals surface area (Å²) in [7, 11) is 0. The minimum atomic E-state index is -0.604. The van der Waals surface area contributed by atoms with Gasteiger partial charge >= 0.3 is 0 Å². The molecule has 10 heavy (non-hydrogen) atoms. The lowest BCUT2D eigenvalue weighted by Crippen LogP contribution is -2.50. The summed E-state index contributed by atoms with van der Waals surface area (Å²) in [6, 6.07) is 0. The molecule has 2 heteroatoms. The summed E-state index contributed by atoms with van der Waals surface area (Å²) in [4.78, 5) is 0. The summed E-state index contributed by atoms with van der Waals surface area (Å²) >= 11 is 0. The molecule has 1 aliphatic carbocycles. The molecule has 0 radical (unpaired) electrons. The molecule has 0 aromatic heterocycles. The van der Waals surface area contributed by atoms with E-state index >= 15 is 0 Å². The number of hydrogen-bond acceptors (Lipinski definition) is 2. The third-order valence-electron chi connectivity index (χ3n) is 2.43. The van der Waals surface area contributed by atoms with Crippen LogP contribution in [-0.2, 0) is 0 Å². The van der Waals surface area contributed by atoms with Crippen molar-refractivity contribution in [3.63, 3.8) is 0 Å². The van der Waals surface area contributed by atoms with Gasteiger partial charge in [0.1, 0.15) is 5.72 Å². The molecule has 1 fully saturated rings. The average molecular weight is 143 g/mol. The van der Waals surface area contributed by atoms with Crippen LogP contribution in [0.3, 0.4) is 0 Å². The van der Waals surface area contributed by atoms with E-state index in [0.717, 1.165) is 6.54 Å². The molecule has 2 N–H and O–H groups in total. The minimum Gasteiger partial charge on any atom is -0.376 e. The molecular formula is C8H17NO. The highest BCUT2D eigenvalue weighted by Crippen LogP contribution is 2.34. The van der Waals surface area contributed by atoms with Crippen LogP contribution in [0.2, 0.25) is 0 Å². The standard InChI is InChI=1S/C8H17NO/c1-3-9-8(2,10)7-5-4-6-7/h7,9-10H,3-6H2,1-2H3. The fraction of sp³-hybridized carbons (Fsp3) is 1.00. The lowest BCUT2D eigenvalue weighted by Gasteiger charge is -2.39. The Morgan fingerprint density at radius 1 is 1.60 bits per heavy atom. The summed E-state index contributed by atoms with van der Waals surface area (Å²) < 4.78 is 0. The summed E-state index contributed by atoms with van der Waals surface area (Å²) in [6.45, 7) is 4.75. The van der Waals surface area contributed by atoms with Crippen LogP contribution in [0.25, 0.3) is 0 Å². The van der Waals surface area contributed by atoms with Gasteiger partial charge in [-0.1, -0.05) is 13.3 Å². The minimum absolute atomic E-state index is 0.493. The molecule has 1 rings (SSSR count). The summed E-state index contributed by atoms with van der Waals surface area (Å²) in [5.41, 5.74) is -0.604. The fourth-order valence-electron chi connectivity index (χ4n) is 1.47. The zero-order valence-corrected chi connectivity index (χ0v) is 6.85. The second kappa shape index (κ2) is 2.89. The maximum Gasteiger partial charge on any atom is 0.116 e. The molecule has 0 heterocycles. The van der Waals surface area contributed by atoms with Crippen LogP contribution in [-0.4, -0.2) is 17.4 Å². The monoisotopic (exact) mass is 143 g/mol. The first-order valence-corrected chi connectivity index (χ1v) is 4.14. The van der Waals surface area contributed by atoms with Gasteiger partial charge in [0.25, 0.3) is 0 Å². The summed E-state index contributed by atoms with van der Waals surface area (Å²) in [5.74, 6) is 0.493. The van der Waals surface area contributed by atoms with Crippen LogP contribution in [0, 0.1) is 5.92 Å². The van der Waals surface area contributed by atoms with E-state index in [9.17, 15) is 5.11 Å². The Morgan fingerprint density at radius 3 is 2.50 bits per heavy atom. The van der Waals surface area contributed by atoms with Crippen LogP contribution >= 0.6 is 0 Å². The molecule has 1 atom stereocenters. The van der Waals surface area contributed by atoms with E-state index in [0.29, 0.717) is 5.92 Å². The van der Waals surface area contributed by atoms with Gasteiger partial charge in [0.2, 0.25) is 0 Å². The van der Waals surface area contributed by atoms with Crippen LogP contribution in [0.5, 0.6) is 0 Å². The van der Waals surface area contributed by atoms with E-state index in [-0.39, 0.29) is 0 Å². The first-order valence-electron chi connectivity index (χ1n) is 4.14. The zero-order valence-electron chi connectivity index (χ0n) is 6.85. The van der Waals surface area contributed by atoms with Gasteiger partial charge in [0.15, 0.2) is 0 Å². The highest BCUT2D eigenvalue weighted by molar-refractivity contribution is 4.84. The van der Waals surface area contributed by atoms with Crippen molar-refractivity contribution in [1.29, 1.82) is 0 Å². The molecule has 0 aromatic carbocycles. The predicted molar refractivity (Wildman–Crippen MR) is 41.6 cm³/mol. The average Bonchev–Trinajstić information content (AvgIpc) is 1.56. The van der Waals surface area contributed by atoms with E-state index < -0.39 is 5.72 Å². The first kappa shape index (κ1) is 8.02. The molecule has 0 bridgehead atoms. The third kappa shape index (κ3) is 1.50. The van der Waals surface area contributed by atoms with Gasteiger partial charge < -0.3 is 5.11 Å². The maximum absolute atomic E-state index is 9.72. The Balaban J connectivity index is 2.33. The Bertz CT molecular complexity index is 108. The molecule has 0 aromatic rings. The van der Waals surface area contributed by atoms with Gasteiger partial charge in [-0.3, -0.25) is 5.32 Å². The molecular weight excluding hydrogens is 126 g/mol. The number of hydrogen-bond donors (Lipinski definition) is 2. The molecule has 2 nitrogen and oxygen atoms in total. The van der Waals surface area contributed by atoms with Crippen LogP contribution in [0.4, 0.5) is 0 Å². The maximum atomic E-state index is 9.72. The lowest BCUT2D eigenvalue weighted by molar-refractivity contribution is -0.0611. The van der Waals surface area contributed by atoms with Crippen molar-refractivity contribution in [3.05, 3.63) is 0 Å². The Morgan fingerprint density at radius 2 is 2.20 bits per heavy atom. The number of aliphatic hydroxyl groups is 1. The van der Waals surface area contributed by atoms with Crippen molar-refractivity contribution in [1.82, 2.24) is 5.32 Å². The van der Waals surface area contributed by atoms with E-state index in [1.54, 1.807) is 0 Å². The van der Waals surface area contributed by atoms with Crippen LogP contribution in [0.15, 0.2) is 0 Å². The van der Waals surface area contributed by atoms with E-state index in [4.69, 9.17) is 0 Å². The summed E-state index contributed by atoms with van der Waals surface area (Å²) in [6.07, 6.45) is 3.65. The number of rotatable bonds is 3. The van der Waals surface area contributed by atoms with Gasteiger partial charge in [0, 0.05) is 5.92 Å². The van der Waals surface area contributed by atoms with E-state index in [1.165, 1.54) is 19.3 Å². The largest absolute Gasteiger partial charge is 0.376 e. The van der Waals surface area contributed by atoms with Crippen molar-refractivity contribution in [2.75, 3.05) is 6.54 Å². The van der Waals surface area contributed by atoms with Crippen LogP contribution < -0.4 is 5.32 Å². The van der Waals surface area contributed by atoms with E-state index in [1.807, 2.05) is 13.8 Å². The Kier molecular flexibility index (Phi) is 2.32. The molecule has 0 spiro atoms. The van der Waals surface area contributed by atoms with Gasteiger partial charge in [-0.15, -0.1) is 0 Å². The van der Waals surface area contributed by atoms with Crippen molar-refractivity contribution in [2.45, 2.75) is 38.8 Å². The highest BCUT2D eigenvalue weighted by atomic mass is 16.3. The highest BCUT2D eigenvalue weighted by Gasteiger charge is 2.34. The number of nitrogens with one attached hydrogen (secondary N) is 1.